The lowest BCUT2D eigenvalue weighted by molar-refractivity contribution is -0.355. The predicted octanol–water partition coefficient (Wildman–Crippen LogP) is 0.613. The number of hydrogen-bond donors (Lipinski definition) is 8. The van der Waals surface area contributed by atoms with Crippen LogP contribution in [-0.4, -0.2) is 188 Å². The van der Waals surface area contributed by atoms with Gasteiger partial charge in [0.25, 0.3) is 0 Å². The van der Waals surface area contributed by atoms with Gasteiger partial charge in [0.05, 0.1) is 54.9 Å². The minimum Gasteiger partial charge on any atom is -0.459 e. The Bertz CT molecular complexity index is 1850. The molecule has 0 bridgehead atoms. The Hall–Kier alpha value is -1.96. The standard InChI is InChI=1S/C49H76O20/c1-21-43(67-38-17-32(53)44(22(2)62-38)68-39-18-33(64-24(4)51)45(23(3)63-39)69-46-42(58)41(57)40(56)34(19-50)66-46)31(52)16-37(61-21)65-27-9-11-47(5)26(14-27)7-8-29-30(47)15-35(54)48(6)28(10-12-49(29,48)59)25-13-36(55)60-20-25/h13,21-23,26-35,37-46,50,52-54,56-59H,7-12,14-20H2,1-6H3/t21-,22-,23-,26+,27+,28+,29+,30-,31+,32+,33+,34+,35-,37-,38-,39-,40+,41-,42+,43+,44+,45+,46-,47-,48-,49+/m1/s1. The molecule has 0 radical (unpaired) electrons. The maximum absolute atomic E-state index is 12.6. The maximum Gasteiger partial charge on any atom is 0.331 e. The van der Waals surface area contributed by atoms with E-state index in [0.29, 0.717) is 25.2 Å². The molecule has 0 spiro atoms. The van der Waals surface area contributed by atoms with Gasteiger partial charge in [-0.1, -0.05) is 13.8 Å². The third-order valence-corrected chi connectivity index (χ3v) is 18.4. The molecule has 5 heterocycles. The fourth-order valence-electron chi connectivity index (χ4n) is 14.6. The van der Waals surface area contributed by atoms with Gasteiger partial charge in [0.15, 0.2) is 25.2 Å². The van der Waals surface area contributed by atoms with Gasteiger partial charge < -0.3 is 88.2 Å². The Morgan fingerprint density at radius 2 is 1.33 bits per heavy atom. The van der Waals surface area contributed by atoms with E-state index in [1.807, 2.05) is 6.92 Å². The number of esters is 2. The summed E-state index contributed by atoms with van der Waals surface area (Å²) in [7, 11) is 0. The van der Waals surface area contributed by atoms with Crippen LogP contribution in [0.15, 0.2) is 11.6 Å². The van der Waals surface area contributed by atoms with Crippen molar-refractivity contribution in [3.63, 3.8) is 0 Å². The van der Waals surface area contributed by atoms with Gasteiger partial charge in [-0.25, -0.2) is 4.79 Å². The van der Waals surface area contributed by atoms with Crippen molar-refractivity contribution in [1.29, 1.82) is 0 Å². The molecular formula is C49H76O20. The van der Waals surface area contributed by atoms with E-state index in [0.717, 1.165) is 37.7 Å². The Balaban J connectivity index is 0.752. The lowest BCUT2D eigenvalue weighted by Crippen LogP contribution is -2.67. The second-order valence-electron chi connectivity index (χ2n) is 22.2. The third-order valence-electron chi connectivity index (χ3n) is 18.4. The number of aliphatic hydroxyl groups is 8. The summed E-state index contributed by atoms with van der Waals surface area (Å²) in [6, 6.07) is 0. The van der Waals surface area contributed by atoms with Gasteiger partial charge in [0, 0.05) is 37.7 Å². The van der Waals surface area contributed by atoms with E-state index in [2.05, 4.69) is 6.92 Å². The molecule has 20 heteroatoms. The molecule has 392 valence electrons. The Labute approximate surface area is 402 Å². The van der Waals surface area contributed by atoms with E-state index in [4.69, 9.17) is 47.4 Å². The summed E-state index contributed by atoms with van der Waals surface area (Å²) in [5.41, 5.74) is -1.01. The molecule has 0 aromatic carbocycles. The smallest absolute Gasteiger partial charge is 0.331 e. The summed E-state index contributed by atoms with van der Waals surface area (Å²) in [5, 5.41) is 88.1. The van der Waals surface area contributed by atoms with Crippen LogP contribution in [0.1, 0.15) is 112 Å². The van der Waals surface area contributed by atoms with Gasteiger partial charge in [-0.2, -0.15) is 0 Å². The number of carbonyl (C=O) groups is 2. The summed E-state index contributed by atoms with van der Waals surface area (Å²) in [6.07, 6.45) is -11.1. The molecule has 4 saturated carbocycles. The van der Waals surface area contributed by atoms with Crippen molar-refractivity contribution in [1.82, 2.24) is 0 Å². The van der Waals surface area contributed by atoms with Crippen LogP contribution < -0.4 is 0 Å². The first kappa shape index (κ1) is 51.9. The summed E-state index contributed by atoms with van der Waals surface area (Å²) >= 11 is 0. The molecule has 4 aliphatic carbocycles. The van der Waals surface area contributed by atoms with Crippen LogP contribution in [0.5, 0.6) is 0 Å². The molecule has 5 aliphatic heterocycles. The molecule has 0 amide bonds. The van der Waals surface area contributed by atoms with Crippen molar-refractivity contribution in [3.05, 3.63) is 11.6 Å². The molecule has 8 N–H and O–H groups in total. The van der Waals surface area contributed by atoms with Crippen molar-refractivity contribution in [2.75, 3.05) is 13.2 Å². The van der Waals surface area contributed by atoms with Gasteiger partial charge in [0.1, 0.15) is 55.4 Å². The monoisotopic (exact) mass is 984 g/mol. The number of cyclic esters (lactones) is 1. The number of aliphatic hydroxyl groups excluding tert-OH is 7. The molecule has 0 aromatic heterocycles. The van der Waals surface area contributed by atoms with Gasteiger partial charge >= 0.3 is 11.9 Å². The summed E-state index contributed by atoms with van der Waals surface area (Å²) in [6.45, 7) is 10.3. The van der Waals surface area contributed by atoms with E-state index < -0.39 is 134 Å². The predicted molar refractivity (Wildman–Crippen MR) is 235 cm³/mol. The molecule has 0 aromatic rings. The minimum absolute atomic E-state index is 0.00421. The van der Waals surface area contributed by atoms with Crippen molar-refractivity contribution < 1.29 is 97.8 Å². The van der Waals surface area contributed by atoms with Gasteiger partial charge in [-0.3, -0.25) is 4.79 Å². The van der Waals surface area contributed by atoms with Crippen molar-refractivity contribution in [2.24, 2.45) is 34.5 Å². The van der Waals surface area contributed by atoms with Crippen LogP contribution in [0.2, 0.25) is 0 Å². The Kier molecular flexibility index (Phi) is 15.1. The number of fused-ring (bicyclic) bond motifs is 5. The summed E-state index contributed by atoms with van der Waals surface area (Å²) in [5.74, 6) is -0.580. The molecule has 9 rings (SSSR count). The number of ether oxygens (including phenoxy) is 10. The zero-order valence-electron chi connectivity index (χ0n) is 40.5. The quantitative estimate of drug-likeness (QED) is 0.104. The average Bonchev–Trinajstić information content (AvgIpc) is 3.84. The second-order valence-corrected chi connectivity index (χ2v) is 22.2. The number of rotatable bonds is 11. The number of carbonyl (C=O) groups excluding carboxylic acids is 2. The molecule has 9 aliphatic rings. The molecule has 69 heavy (non-hydrogen) atoms. The summed E-state index contributed by atoms with van der Waals surface area (Å²) < 4.78 is 60.1. The van der Waals surface area contributed by atoms with Gasteiger partial charge in [-0.15, -0.1) is 0 Å². The van der Waals surface area contributed by atoms with Crippen molar-refractivity contribution in [3.8, 4) is 0 Å². The van der Waals surface area contributed by atoms with Crippen LogP contribution >= 0.6 is 0 Å². The first-order chi connectivity index (χ1) is 32.6. The number of hydrogen-bond acceptors (Lipinski definition) is 20. The second kappa shape index (κ2) is 20.0. The highest BCUT2D eigenvalue weighted by molar-refractivity contribution is 5.85. The summed E-state index contributed by atoms with van der Waals surface area (Å²) in [4.78, 5) is 24.2. The first-order valence-corrected chi connectivity index (χ1v) is 25.3. The SMILES string of the molecule is CC(=O)O[C@H]1C[C@@H](O[C@@H]2[C@@H](O)C[C@@H](O[C@@H]3[C@@H](O)C[C@@H](O[C@H]4CC[C@]5(C)[C@@H](CC[C@H]6[C@H]5C[C@@H](O)[C@@]5(C)[C@H](C7=CC(=O)OC7)CC[C@]65O)C4)O[C@@H]3C)O[C@@H]2C)O[C@H](C)[C@@H]1O[C@H]1O[C@@H](CO)[C@H](O)[C@@H](O)[C@@H]1O. The van der Waals surface area contributed by atoms with Crippen LogP contribution in [0.4, 0.5) is 0 Å². The van der Waals surface area contributed by atoms with E-state index in [1.165, 1.54) is 6.92 Å². The first-order valence-electron chi connectivity index (χ1n) is 25.3. The highest BCUT2D eigenvalue weighted by Crippen LogP contribution is 2.70. The normalized spacial score (nSPS) is 53.3. The topological polar surface area (TPSA) is 288 Å². The lowest BCUT2D eigenvalue weighted by Gasteiger charge is -2.65. The van der Waals surface area contributed by atoms with Crippen molar-refractivity contribution >= 4 is 11.9 Å². The van der Waals surface area contributed by atoms with Crippen LogP contribution in [-0.2, 0) is 57.0 Å². The fraction of sp³-hybridized carbons (Fsp3) is 0.918. The van der Waals surface area contributed by atoms with Gasteiger partial charge in [0.2, 0.25) is 0 Å². The fourth-order valence-corrected chi connectivity index (χ4v) is 14.6. The third kappa shape index (κ3) is 9.48. The Morgan fingerprint density at radius 3 is 1.93 bits per heavy atom. The highest BCUT2D eigenvalue weighted by Gasteiger charge is 2.71. The molecule has 20 nitrogen and oxygen atoms in total. The van der Waals surface area contributed by atoms with Crippen LogP contribution in [0, 0.1) is 34.5 Å². The Morgan fingerprint density at radius 1 is 0.710 bits per heavy atom. The minimum atomic E-state index is -1.69. The van der Waals surface area contributed by atoms with E-state index in [-0.39, 0.29) is 61.1 Å². The zero-order valence-corrected chi connectivity index (χ0v) is 40.5. The molecule has 4 saturated heterocycles. The molecular weight excluding hydrogens is 909 g/mol. The van der Waals surface area contributed by atoms with Crippen LogP contribution in [0.25, 0.3) is 0 Å². The van der Waals surface area contributed by atoms with Crippen molar-refractivity contribution in [2.45, 2.75) is 234 Å². The van der Waals surface area contributed by atoms with E-state index in [1.54, 1.807) is 26.8 Å². The molecule has 0 unspecified atom stereocenters. The molecule has 26 atom stereocenters. The maximum atomic E-state index is 12.6. The average molecular weight is 985 g/mol. The zero-order chi connectivity index (χ0) is 49.5. The van der Waals surface area contributed by atoms with Gasteiger partial charge in [-0.05, 0) is 107 Å². The molecule has 8 fully saturated rings. The largest absolute Gasteiger partial charge is 0.459 e. The van der Waals surface area contributed by atoms with E-state index >= 15 is 0 Å². The van der Waals surface area contributed by atoms with E-state index in [9.17, 15) is 50.4 Å². The highest BCUT2D eigenvalue weighted by atomic mass is 16.8. The van der Waals surface area contributed by atoms with Crippen LogP contribution in [0.3, 0.4) is 0 Å². The lowest BCUT2D eigenvalue weighted by atomic mass is 9.42.